The van der Waals surface area contributed by atoms with Gasteiger partial charge in [0.25, 0.3) is 0 Å². The molecule has 0 bridgehead atoms. The van der Waals surface area contributed by atoms with Crippen molar-refractivity contribution in [3.8, 4) is 0 Å². The average Bonchev–Trinajstić information content (AvgIpc) is 3.00. The van der Waals surface area contributed by atoms with Crippen molar-refractivity contribution in [2.24, 2.45) is 0 Å². The van der Waals surface area contributed by atoms with Gasteiger partial charge in [0.05, 0.1) is 0 Å². The normalized spacial score (nSPS) is 23.5. The number of likely N-dealkylation sites (N-methyl/N-ethyl adjacent to an activating group) is 1. The molecule has 1 aromatic rings. The molecule has 0 radical (unpaired) electrons. The monoisotopic (exact) mass is 291 g/mol. The number of likely N-dealkylation sites (tertiary alicyclic amines) is 1. The van der Waals surface area contributed by atoms with Gasteiger partial charge in [-0.2, -0.15) is 15.0 Å². The number of anilines is 3. The molecule has 2 saturated heterocycles. The molecule has 1 aromatic heterocycles. The van der Waals surface area contributed by atoms with E-state index in [0.717, 1.165) is 19.6 Å². The zero-order chi connectivity index (χ0) is 14.7. The summed E-state index contributed by atoms with van der Waals surface area (Å²) in [6.07, 6.45) is 6.21. The van der Waals surface area contributed by atoms with Crippen molar-refractivity contribution in [2.75, 3.05) is 49.2 Å². The summed E-state index contributed by atoms with van der Waals surface area (Å²) in [6.45, 7) is 4.05. The summed E-state index contributed by atoms with van der Waals surface area (Å²) < 4.78 is 0. The maximum absolute atomic E-state index is 5.82. The number of nitrogens with two attached hydrogens (primary N) is 1. The van der Waals surface area contributed by atoms with Gasteiger partial charge in [-0.05, 0) is 39.3 Å². The van der Waals surface area contributed by atoms with Crippen LogP contribution in [0.2, 0.25) is 0 Å². The Morgan fingerprint density at radius 3 is 2.62 bits per heavy atom. The lowest BCUT2D eigenvalue weighted by atomic mass is 10.0. The van der Waals surface area contributed by atoms with Gasteiger partial charge in [0.2, 0.25) is 17.8 Å². The first-order valence-electron chi connectivity index (χ1n) is 7.93. The molecule has 3 N–H and O–H groups in total. The van der Waals surface area contributed by atoms with E-state index in [4.69, 9.17) is 5.73 Å². The number of nitrogens with one attached hydrogen (secondary N) is 1. The Balaban J connectivity index is 1.64. The highest BCUT2D eigenvalue weighted by atomic mass is 15.3. The summed E-state index contributed by atoms with van der Waals surface area (Å²) in [5.41, 5.74) is 5.82. The summed E-state index contributed by atoms with van der Waals surface area (Å²) in [5, 5.41) is 3.34. The maximum Gasteiger partial charge on any atom is 0.231 e. The van der Waals surface area contributed by atoms with Gasteiger partial charge in [-0.25, -0.2) is 0 Å². The average molecular weight is 291 g/mol. The Morgan fingerprint density at radius 2 is 1.86 bits per heavy atom. The van der Waals surface area contributed by atoms with Crippen molar-refractivity contribution in [2.45, 2.75) is 38.1 Å². The Morgan fingerprint density at radius 1 is 1.10 bits per heavy atom. The van der Waals surface area contributed by atoms with Crippen LogP contribution in [0.15, 0.2) is 0 Å². The number of aromatic nitrogens is 3. The lowest BCUT2D eigenvalue weighted by Gasteiger charge is -2.32. The maximum atomic E-state index is 5.82. The molecule has 1 unspecified atom stereocenters. The Hall–Kier alpha value is -1.63. The van der Waals surface area contributed by atoms with Crippen LogP contribution in [0.25, 0.3) is 0 Å². The lowest BCUT2D eigenvalue weighted by Crippen LogP contribution is -2.41. The van der Waals surface area contributed by atoms with E-state index < -0.39 is 0 Å². The molecule has 0 aliphatic carbocycles. The minimum absolute atomic E-state index is 0.298. The van der Waals surface area contributed by atoms with Gasteiger partial charge in [-0.1, -0.05) is 6.42 Å². The minimum Gasteiger partial charge on any atom is -0.368 e. The van der Waals surface area contributed by atoms with Gasteiger partial charge in [-0.15, -0.1) is 0 Å². The molecule has 2 aliphatic rings. The molecule has 116 valence electrons. The molecule has 3 rings (SSSR count). The fourth-order valence-corrected chi connectivity index (χ4v) is 3.13. The van der Waals surface area contributed by atoms with E-state index in [2.05, 4.69) is 37.1 Å². The van der Waals surface area contributed by atoms with Crippen molar-refractivity contribution in [1.29, 1.82) is 0 Å². The molecule has 0 aromatic carbocycles. The quantitative estimate of drug-likeness (QED) is 0.854. The van der Waals surface area contributed by atoms with Crippen LogP contribution in [-0.2, 0) is 0 Å². The summed E-state index contributed by atoms with van der Waals surface area (Å²) in [6, 6.07) is 0.548. The van der Waals surface area contributed by atoms with Crippen LogP contribution in [0.3, 0.4) is 0 Å². The smallest absolute Gasteiger partial charge is 0.231 e. The van der Waals surface area contributed by atoms with Crippen LogP contribution >= 0.6 is 0 Å². The van der Waals surface area contributed by atoms with Crippen molar-refractivity contribution in [3.63, 3.8) is 0 Å². The van der Waals surface area contributed by atoms with Gasteiger partial charge in [0.15, 0.2) is 0 Å². The van der Waals surface area contributed by atoms with E-state index in [0.29, 0.717) is 23.9 Å². The number of rotatable bonds is 4. The first kappa shape index (κ1) is 14.3. The molecule has 0 spiro atoms. The molecule has 2 fully saturated rings. The first-order chi connectivity index (χ1) is 10.2. The Labute approximate surface area is 126 Å². The summed E-state index contributed by atoms with van der Waals surface area (Å²) in [5.74, 6) is 1.61. The predicted octanol–water partition coefficient (Wildman–Crippen LogP) is 0.950. The van der Waals surface area contributed by atoms with E-state index in [-0.39, 0.29) is 0 Å². The van der Waals surface area contributed by atoms with Gasteiger partial charge in [0, 0.05) is 25.7 Å². The molecule has 21 heavy (non-hydrogen) atoms. The minimum atomic E-state index is 0.298. The van der Waals surface area contributed by atoms with Crippen molar-refractivity contribution < 1.29 is 0 Å². The molecule has 0 saturated carbocycles. The van der Waals surface area contributed by atoms with Crippen LogP contribution in [0.5, 0.6) is 0 Å². The van der Waals surface area contributed by atoms with Gasteiger partial charge >= 0.3 is 0 Å². The third kappa shape index (κ3) is 3.53. The first-order valence-corrected chi connectivity index (χ1v) is 7.93. The molecular formula is C14H25N7. The zero-order valence-electron chi connectivity index (χ0n) is 12.8. The van der Waals surface area contributed by atoms with Crippen LogP contribution < -0.4 is 16.0 Å². The molecule has 3 heterocycles. The standard InChI is InChI=1S/C14H25N7/c1-20-7-3-2-6-11(20)10-16-13-17-12(15)18-14(19-13)21-8-4-5-9-21/h11H,2-10H2,1H3,(H3,15,16,17,18,19). The number of piperidine rings is 1. The van der Waals surface area contributed by atoms with E-state index in [1.54, 1.807) is 0 Å². The molecule has 1 atom stereocenters. The number of nitrogen functional groups attached to an aromatic ring is 1. The molecular weight excluding hydrogens is 266 g/mol. The van der Waals surface area contributed by atoms with Crippen LogP contribution in [0, 0.1) is 0 Å². The highest BCUT2D eigenvalue weighted by Crippen LogP contribution is 2.19. The van der Waals surface area contributed by atoms with Crippen molar-refractivity contribution in [1.82, 2.24) is 19.9 Å². The summed E-state index contributed by atoms with van der Waals surface area (Å²) in [7, 11) is 2.18. The van der Waals surface area contributed by atoms with E-state index >= 15 is 0 Å². The molecule has 7 nitrogen and oxygen atoms in total. The zero-order valence-corrected chi connectivity index (χ0v) is 12.8. The van der Waals surface area contributed by atoms with Crippen LogP contribution in [0.1, 0.15) is 32.1 Å². The molecule has 0 amide bonds. The van der Waals surface area contributed by atoms with Gasteiger partial charge in [0.1, 0.15) is 0 Å². The van der Waals surface area contributed by atoms with Crippen molar-refractivity contribution in [3.05, 3.63) is 0 Å². The second-order valence-corrected chi connectivity index (χ2v) is 6.02. The van der Waals surface area contributed by atoms with Crippen molar-refractivity contribution >= 4 is 17.8 Å². The Bertz CT molecular complexity index is 472. The third-order valence-electron chi connectivity index (χ3n) is 4.45. The SMILES string of the molecule is CN1CCCCC1CNc1nc(N)nc(N2CCCC2)n1. The Kier molecular flexibility index (Phi) is 4.38. The lowest BCUT2D eigenvalue weighted by molar-refractivity contribution is 0.194. The molecule has 7 heteroatoms. The van der Waals surface area contributed by atoms with E-state index in [9.17, 15) is 0 Å². The van der Waals surface area contributed by atoms with E-state index in [1.807, 2.05) is 0 Å². The predicted molar refractivity (Wildman–Crippen MR) is 84.4 cm³/mol. The second kappa shape index (κ2) is 6.43. The number of nitrogens with zero attached hydrogens (tertiary/aromatic N) is 5. The largest absolute Gasteiger partial charge is 0.368 e. The van der Waals surface area contributed by atoms with Crippen LogP contribution in [-0.4, -0.2) is 59.1 Å². The highest BCUT2D eigenvalue weighted by molar-refractivity contribution is 5.42. The highest BCUT2D eigenvalue weighted by Gasteiger charge is 2.20. The third-order valence-corrected chi connectivity index (χ3v) is 4.45. The van der Waals surface area contributed by atoms with Gasteiger partial charge < -0.3 is 20.9 Å². The number of hydrogen-bond acceptors (Lipinski definition) is 7. The van der Waals surface area contributed by atoms with E-state index in [1.165, 1.54) is 38.6 Å². The summed E-state index contributed by atoms with van der Waals surface area (Å²) >= 11 is 0. The fourth-order valence-electron chi connectivity index (χ4n) is 3.13. The van der Waals surface area contributed by atoms with Gasteiger partial charge in [-0.3, -0.25) is 0 Å². The number of hydrogen-bond donors (Lipinski definition) is 2. The second-order valence-electron chi connectivity index (χ2n) is 6.02. The summed E-state index contributed by atoms with van der Waals surface area (Å²) in [4.78, 5) is 17.6. The topological polar surface area (TPSA) is 83.2 Å². The molecule has 2 aliphatic heterocycles. The van der Waals surface area contributed by atoms with Crippen LogP contribution in [0.4, 0.5) is 17.8 Å². The fraction of sp³-hybridized carbons (Fsp3) is 0.786.